The average molecular weight is 218 g/mol. The number of hydrogen-bond acceptors (Lipinski definition) is 0. The van der Waals surface area contributed by atoms with Crippen LogP contribution in [0.2, 0.25) is 0 Å². The molecule has 16 heavy (non-hydrogen) atoms. The summed E-state index contributed by atoms with van der Waals surface area (Å²) >= 11 is 0. The van der Waals surface area contributed by atoms with Crippen molar-refractivity contribution in [2.75, 3.05) is 0 Å². The van der Waals surface area contributed by atoms with Crippen LogP contribution in [-0.2, 0) is 6.42 Å². The second-order valence-corrected chi connectivity index (χ2v) is 4.96. The van der Waals surface area contributed by atoms with E-state index in [1.807, 2.05) is 0 Å². The zero-order valence-corrected chi connectivity index (χ0v) is 11.1. The molecule has 0 heteroatoms. The molecule has 0 heterocycles. The van der Waals surface area contributed by atoms with Crippen LogP contribution < -0.4 is 0 Å². The minimum Gasteiger partial charge on any atom is -0.0654 e. The van der Waals surface area contributed by atoms with Crippen molar-refractivity contribution in [1.29, 1.82) is 0 Å². The average Bonchev–Trinajstić information content (AvgIpc) is 2.31. The van der Waals surface area contributed by atoms with Crippen LogP contribution in [0.25, 0.3) is 0 Å². The Morgan fingerprint density at radius 3 is 2.25 bits per heavy atom. The van der Waals surface area contributed by atoms with Crippen molar-refractivity contribution in [1.82, 2.24) is 0 Å². The molecule has 0 saturated carbocycles. The van der Waals surface area contributed by atoms with Gasteiger partial charge in [-0.1, -0.05) is 75.8 Å². The minimum absolute atomic E-state index is 0.884. The molecule has 0 aromatic heterocycles. The molecule has 0 amide bonds. The van der Waals surface area contributed by atoms with Crippen LogP contribution in [0.3, 0.4) is 0 Å². The number of hydrogen-bond donors (Lipinski definition) is 0. The number of rotatable bonds is 7. The first kappa shape index (κ1) is 13.3. The maximum Gasteiger partial charge on any atom is -0.0250 e. The first-order valence-electron chi connectivity index (χ1n) is 6.81. The molecule has 0 nitrogen and oxygen atoms in total. The van der Waals surface area contributed by atoms with Gasteiger partial charge in [0, 0.05) is 0 Å². The molecular formula is C16H26. The van der Waals surface area contributed by atoms with Crippen molar-refractivity contribution in [2.24, 2.45) is 5.92 Å². The molecule has 0 N–H and O–H groups in total. The summed E-state index contributed by atoms with van der Waals surface area (Å²) < 4.78 is 0. The Morgan fingerprint density at radius 1 is 1.00 bits per heavy atom. The lowest BCUT2D eigenvalue weighted by atomic mass is 9.91. The Bertz CT molecular complexity index is 271. The molecule has 0 spiro atoms. The second kappa shape index (κ2) is 7.49. The van der Waals surface area contributed by atoms with Crippen LogP contribution in [0.4, 0.5) is 0 Å². The van der Waals surface area contributed by atoms with Gasteiger partial charge in [-0.25, -0.2) is 0 Å². The number of aryl methyl sites for hydroxylation is 1. The van der Waals surface area contributed by atoms with Gasteiger partial charge in [-0.15, -0.1) is 0 Å². The molecule has 1 atom stereocenters. The maximum atomic E-state index is 2.32. The van der Waals surface area contributed by atoms with Crippen molar-refractivity contribution in [3.8, 4) is 0 Å². The van der Waals surface area contributed by atoms with Crippen LogP contribution in [-0.4, -0.2) is 0 Å². The second-order valence-electron chi connectivity index (χ2n) is 4.96. The Labute approximate surface area is 101 Å². The van der Waals surface area contributed by atoms with E-state index < -0.39 is 0 Å². The number of benzene rings is 1. The van der Waals surface area contributed by atoms with Crippen LogP contribution in [0.5, 0.6) is 0 Å². The summed E-state index contributed by atoms with van der Waals surface area (Å²) in [4.78, 5) is 0. The van der Waals surface area contributed by atoms with Gasteiger partial charge >= 0.3 is 0 Å². The van der Waals surface area contributed by atoms with Gasteiger partial charge in [0.05, 0.1) is 0 Å². The maximum absolute atomic E-state index is 2.32. The van der Waals surface area contributed by atoms with E-state index in [-0.39, 0.29) is 0 Å². The van der Waals surface area contributed by atoms with E-state index >= 15 is 0 Å². The highest BCUT2D eigenvalue weighted by molar-refractivity contribution is 5.21. The fraction of sp³-hybridized carbons (Fsp3) is 0.625. The van der Waals surface area contributed by atoms with Crippen molar-refractivity contribution in [3.05, 3.63) is 35.4 Å². The Morgan fingerprint density at radius 2 is 1.69 bits per heavy atom. The largest absolute Gasteiger partial charge is 0.0654 e. The molecule has 1 aromatic rings. The van der Waals surface area contributed by atoms with Crippen LogP contribution in [0, 0.1) is 12.8 Å². The summed E-state index contributed by atoms with van der Waals surface area (Å²) in [5.41, 5.74) is 2.87. The predicted molar refractivity (Wildman–Crippen MR) is 72.8 cm³/mol. The van der Waals surface area contributed by atoms with Crippen molar-refractivity contribution in [2.45, 2.75) is 59.3 Å². The molecule has 1 aromatic carbocycles. The van der Waals surface area contributed by atoms with Crippen molar-refractivity contribution >= 4 is 0 Å². The molecule has 1 unspecified atom stereocenters. The van der Waals surface area contributed by atoms with Gasteiger partial charge in [0.2, 0.25) is 0 Å². The molecule has 1 rings (SSSR count). The zero-order chi connectivity index (χ0) is 11.8. The lowest BCUT2D eigenvalue weighted by Crippen LogP contribution is -2.03. The summed E-state index contributed by atoms with van der Waals surface area (Å²) in [5, 5.41) is 0. The molecule has 0 bridgehead atoms. The first-order chi connectivity index (χ1) is 7.76. The van der Waals surface area contributed by atoms with Gasteiger partial charge in [0.15, 0.2) is 0 Å². The lowest BCUT2D eigenvalue weighted by molar-refractivity contribution is 0.442. The molecular weight excluding hydrogens is 192 g/mol. The summed E-state index contributed by atoms with van der Waals surface area (Å²) in [6, 6.07) is 9.04. The van der Waals surface area contributed by atoms with Crippen molar-refractivity contribution in [3.63, 3.8) is 0 Å². The third kappa shape index (κ3) is 4.83. The van der Waals surface area contributed by atoms with Crippen LogP contribution in [0.15, 0.2) is 24.3 Å². The Kier molecular flexibility index (Phi) is 6.22. The molecule has 0 fully saturated rings. The van der Waals surface area contributed by atoms with Gasteiger partial charge < -0.3 is 0 Å². The molecule has 0 aliphatic rings. The van der Waals surface area contributed by atoms with Crippen molar-refractivity contribution < 1.29 is 0 Å². The van der Waals surface area contributed by atoms with Gasteiger partial charge in [-0.2, -0.15) is 0 Å². The normalized spacial score (nSPS) is 12.7. The van der Waals surface area contributed by atoms with Crippen LogP contribution >= 0.6 is 0 Å². The quantitative estimate of drug-likeness (QED) is 0.556. The van der Waals surface area contributed by atoms with E-state index in [1.165, 1.54) is 49.7 Å². The summed E-state index contributed by atoms with van der Waals surface area (Å²) in [6.45, 7) is 6.76. The van der Waals surface area contributed by atoms with Gasteiger partial charge in [-0.3, -0.25) is 0 Å². The summed E-state index contributed by atoms with van der Waals surface area (Å²) in [7, 11) is 0. The summed E-state index contributed by atoms with van der Waals surface area (Å²) in [6.07, 6.45) is 8.11. The predicted octanol–water partition coefficient (Wildman–Crippen LogP) is 5.14. The van der Waals surface area contributed by atoms with Gasteiger partial charge in [-0.05, 0) is 24.8 Å². The molecule has 0 saturated heterocycles. The van der Waals surface area contributed by atoms with E-state index in [0.29, 0.717) is 0 Å². The van der Waals surface area contributed by atoms with Gasteiger partial charge in [0.25, 0.3) is 0 Å². The van der Waals surface area contributed by atoms with Gasteiger partial charge in [0.1, 0.15) is 0 Å². The molecule has 90 valence electrons. The molecule has 0 aliphatic carbocycles. The first-order valence-corrected chi connectivity index (χ1v) is 6.81. The topological polar surface area (TPSA) is 0 Å². The van der Waals surface area contributed by atoms with Crippen LogP contribution in [0.1, 0.15) is 57.1 Å². The Hall–Kier alpha value is -0.780. The standard InChI is InChI=1S/C16H26/c1-4-6-7-8-15(5-2)13-16-11-9-14(3)10-12-16/h9-12,15H,4-8,13H2,1-3H3. The highest BCUT2D eigenvalue weighted by Gasteiger charge is 2.06. The summed E-state index contributed by atoms with van der Waals surface area (Å²) in [5.74, 6) is 0.884. The SMILES string of the molecule is CCCCCC(CC)Cc1ccc(C)cc1. The van der Waals surface area contributed by atoms with E-state index in [2.05, 4.69) is 45.0 Å². The smallest absolute Gasteiger partial charge is 0.0250 e. The van der Waals surface area contributed by atoms with E-state index in [9.17, 15) is 0 Å². The lowest BCUT2D eigenvalue weighted by Gasteiger charge is -2.14. The fourth-order valence-electron chi connectivity index (χ4n) is 2.19. The van der Waals surface area contributed by atoms with E-state index in [1.54, 1.807) is 0 Å². The van der Waals surface area contributed by atoms with E-state index in [0.717, 1.165) is 5.92 Å². The third-order valence-corrected chi connectivity index (χ3v) is 3.44. The highest BCUT2D eigenvalue weighted by atomic mass is 14.1. The monoisotopic (exact) mass is 218 g/mol. The fourth-order valence-corrected chi connectivity index (χ4v) is 2.19. The molecule has 0 radical (unpaired) electrons. The minimum atomic E-state index is 0.884. The highest BCUT2D eigenvalue weighted by Crippen LogP contribution is 2.19. The Balaban J connectivity index is 2.40. The number of unbranched alkanes of at least 4 members (excludes halogenated alkanes) is 2. The van der Waals surface area contributed by atoms with E-state index in [4.69, 9.17) is 0 Å². The third-order valence-electron chi connectivity index (χ3n) is 3.44. The molecule has 0 aliphatic heterocycles. The zero-order valence-electron chi connectivity index (χ0n) is 11.1.